The molecule has 35 heavy (non-hydrogen) atoms. The van der Waals surface area contributed by atoms with Crippen molar-refractivity contribution in [2.45, 2.75) is 27.7 Å². The van der Waals surface area contributed by atoms with Crippen LogP contribution in [0.4, 0.5) is 22.0 Å². The fourth-order valence-corrected chi connectivity index (χ4v) is 3.56. The van der Waals surface area contributed by atoms with Gasteiger partial charge in [0, 0.05) is 29.4 Å². The maximum atomic E-state index is 11.7. The Balaban J connectivity index is 0.00000432. The van der Waals surface area contributed by atoms with Crippen molar-refractivity contribution < 1.29 is 19.0 Å². The first-order chi connectivity index (χ1) is 16.5. The van der Waals surface area contributed by atoms with Crippen LogP contribution >= 0.6 is 12.4 Å². The summed E-state index contributed by atoms with van der Waals surface area (Å²) in [5.41, 5.74) is 3.14. The maximum absolute atomic E-state index is 11.7. The van der Waals surface area contributed by atoms with Crippen LogP contribution in [0.5, 0.6) is 11.5 Å². The molecule has 9 nitrogen and oxygen atoms in total. The van der Waals surface area contributed by atoms with Gasteiger partial charge in [0.2, 0.25) is 0 Å². The number of carbonyl (C=O) groups excluding carboxylic acids is 1. The van der Waals surface area contributed by atoms with E-state index in [0.717, 1.165) is 41.8 Å². The summed E-state index contributed by atoms with van der Waals surface area (Å²) >= 11 is 0. The van der Waals surface area contributed by atoms with Crippen molar-refractivity contribution in [1.29, 1.82) is 0 Å². The highest BCUT2D eigenvalue weighted by Gasteiger charge is 2.13. The van der Waals surface area contributed by atoms with E-state index >= 15 is 0 Å². The Morgan fingerprint density at radius 3 is 2.49 bits per heavy atom. The van der Waals surface area contributed by atoms with Crippen molar-refractivity contribution in [2.24, 2.45) is 0 Å². The molecule has 0 saturated heterocycles. The molecule has 1 aromatic heterocycles. The molecule has 0 fully saturated rings. The zero-order chi connectivity index (χ0) is 24.5. The SMILES string of the molecule is CCOC(=O)Nc1ccc(Nc2ncnc3cc(OC)c(OCCN(CC)CC)cc23)cc1C.Cl. The van der Waals surface area contributed by atoms with Gasteiger partial charge in [0.1, 0.15) is 18.8 Å². The van der Waals surface area contributed by atoms with Crippen molar-refractivity contribution in [1.82, 2.24) is 14.9 Å². The lowest BCUT2D eigenvalue weighted by molar-refractivity contribution is 0.168. The monoisotopic (exact) mass is 503 g/mol. The molecule has 0 aliphatic rings. The van der Waals surface area contributed by atoms with Crippen LogP contribution in [0.3, 0.4) is 0 Å². The number of hydrogen-bond donors (Lipinski definition) is 2. The Labute approximate surface area is 212 Å². The number of nitrogens with zero attached hydrogens (tertiary/aromatic N) is 3. The average molecular weight is 504 g/mol. The minimum atomic E-state index is -0.476. The number of halogens is 1. The molecule has 2 N–H and O–H groups in total. The summed E-state index contributed by atoms with van der Waals surface area (Å²) in [7, 11) is 1.62. The Hall–Kier alpha value is -3.30. The summed E-state index contributed by atoms with van der Waals surface area (Å²) in [6.07, 6.45) is 1.03. The quantitative estimate of drug-likeness (QED) is 0.359. The van der Waals surface area contributed by atoms with E-state index in [1.165, 1.54) is 6.33 Å². The first-order valence-corrected chi connectivity index (χ1v) is 11.5. The number of nitrogens with one attached hydrogen (secondary N) is 2. The molecular weight excluding hydrogens is 470 g/mol. The van der Waals surface area contributed by atoms with Gasteiger partial charge >= 0.3 is 6.09 Å². The van der Waals surface area contributed by atoms with Crippen LogP contribution in [-0.4, -0.2) is 60.9 Å². The second-order valence-corrected chi connectivity index (χ2v) is 7.62. The molecule has 10 heteroatoms. The number of rotatable bonds is 11. The molecule has 1 heterocycles. The molecule has 1 amide bonds. The average Bonchev–Trinajstić information content (AvgIpc) is 2.83. The third kappa shape index (κ3) is 7.34. The highest BCUT2D eigenvalue weighted by molar-refractivity contribution is 5.93. The van der Waals surface area contributed by atoms with Gasteiger partial charge < -0.3 is 24.4 Å². The van der Waals surface area contributed by atoms with E-state index in [1.807, 2.05) is 37.3 Å². The molecule has 3 aromatic rings. The molecule has 0 atom stereocenters. The lowest BCUT2D eigenvalue weighted by atomic mass is 10.1. The third-order valence-corrected chi connectivity index (χ3v) is 5.48. The van der Waals surface area contributed by atoms with Crippen molar-refractivity contribution in [3.63, 3.8) is 0 Å². The minimum absolute atomic E-state index is 0. The number of likely N-dealkylation sites (N-methyl/N-ethyl adjacent to an activating group) is 1. The van der Waals surface area contributed by atoms with Crippen molar-refractivity contribution in [3.05, 3.63) is 42.2 Å². The third-order valence-electron chi connectivity index (χ3n) is 5.48. The van der Waals surface area contributed by atoms with E-state index in [9.17, 15) is 4.79 Å². The number of amides is 1. The van der Waals surface area contributed by atoms with Gasteiger partial charge in [-0.3, -0.25) is 5.32 Å². The van der Waals surface area contributed by atoms with Crippen molar-refractivity contribution in [2.75, 3.05) is 50.6 Å². The molecule has 0 saturated carbocycles. The molecule has 0 radical (unpaired) electrons. The highest BCUT2D eigenvalue weighted by atomic mass is 35.5. The number of carbonyl (C=O) groups is 1. The molecule has 2 aromatic carbocycles. The van der Waals surface area contributed by atoms with Gasteiger partial charge in [-0.15, -0.1) is 12.4 Å². The fourth-order valence-electron chi connectivity index (χ4n) is 3.56. The Bertz CT molecular complexity index is 1120. The van der Waals surface area contributed by atoms with Crippen LogP contribution in [0.25, 0.3) is 10.9 Å². The number of methoxy groups -OCH3 is 1. The van der Waals surface area contributed by atoms with Crippen LogP contribution in [0, 0.1) is 6.92 Å². The minimum Gasteiger partial charge on any atom is -0.493 e. The van der Waals surface area contributed by atoms with Crippen LogP contribution in [0.1, 0.15) is 26.3 Å². The zero-order valence-corrected chi connectivity index (χ0v) is 21.7. The number of aryl methyl sites for hydroxylation is 1. The van der Waals surface area contributed by atoms with Gasteiger partial charge in [-0.2, -0.15) is 0 Å². The molecule has 0 spiro atoms. The zero-order valence-electron chi connectivity index (χ0n) is 20.9. The van der Waals surface area contributed by atoms with Gasteiger partial charge in [-0.25, -0.2) is 14.8 Å². The van der Waals surface area contributed by atoms with Gasteiger partial charge in [-0.1, -0.05) is 13.8 Å². The lowest BCUT2D eigenvalue weighted by Gasteiger charge is -2.19. The van der Waals surface area contributed by atoms with Gasteiger partial charge in [0.05, 0.1) is 19.2 Å². The topological polar surface area (TPSA) is 97.8 Å². The van der Waals surface area contributed by atoms with Crippen LogP contribution in [0.2, 0.25) is 0 Å². The van der Waals surface area contributed by atoms with E-state index in [1.54, 1.807) is 14.0 Å². The second-order valence-electron chi connectivity index (χ2n) is 7.62. The Morgan fingerprint density at radius 2 is 1.83 bits per heavy atom. The second kappa shape index (κ2) is 13.6. The van der Waals surface area contributed by atoms with Gasteiger partial charge in [-0.05, 0) is 56.8 Å². The molecule has 0 aliphatic carbocycles. The van der Waals surface area contributed by atoms with E-state index in [0.29, 0.717) is 36.2 Å². The summed E-state index contributed by atoms with van der Waals surface area (Å²) in [6, 6.07) is 9.38. The van der Waals surface area contributed by atoms with E-state index in [-0.39, 0.29) is 12.4 Å². The Morgan fingerprint density at radius 1 is 1.06 bits per heavy atom. The van der Waals surface area contributed by atoms with E-state index in [2.05, 4.69) is 39.3 Å². The van der Waals surface area contributed by atoms with Crippen LogP contribution < -0.4 is 20.1 Å². The molecule has 3 rings (SSSR count). The van der Waals surface area contributed by atoms with Crippen molar-refractivity contribution >= 4 is 46.6 Å². The number of aromatic nitrogens is 2. The number of hydrogen-bond acceptors (Lipinski definition) is 8. The molecule has 190 valence electrons. The smallest absolute Gasteiger partial charge is 0.411 e. The molecule has 0 aliphatic heterocycles. The first-order valence-electron chi connectivity index (χ1n) is 11.5. The number of fused-ring (bicyclic) bond motifs is 1. The number of ether oxygens (including phenoxy) is 3. The maximum Gasteiger partial charge on any atom is 0.411 e. The summed E-state index contributed by atoms with van der Waals surface area (Å²) in [5, 5.41) is 6.90. The largest absolute Gasteiger partial charge is 0.493 e. The number of anilines is 3. The lowest BCUT2D eigenvalue weighted by Crippen LogP contribution is -2.27. The predicted octanol–water partition coefficient (Wildman–Crippen LogP) is 5.40. The van der Waals surface area contributed by atoms with E-state index in [4.69, 9.17) is 14.2 Å². The fraction of sp³-hybridized carbons (Fsp3) is 0.400. The highest BCUT2D eigenvalue weighted by Crippen LogP contribution is 2.35. The normalized spacial score (nSPS) is 10.6. The van der Waals surface area contributed by atoms with Gasteiger partial charge in [0.25, 0.3) is 0 Å². The number of benzene rings is 2. The molecule has 0 bridgehead atoms. The Kier molecular flexibility index (Phi) is 10.8. The molecular formula is C25H34ClN5O4. The summed E-state index contributed by atoms with van der Waals surface area (Å²) < 4.78 is 16.6. The van der Waals surface area contributed by atoms with Crippen molar-refractivity contribution in [3.8, 4) is 11.5 Å². The first kappa shape index (κ1) is 27.9. The van der Waals surface area contributed by atoms with Crippen LogP contribution in [-0.2, 0) is 4.74 Å². The predicted molar refractivity (Wildman–Crippen MR) is 142 cm³/mol. The van der Waals surface area contributed by atoms with Crippen LogP contribution in [0.15, 0.2) is 36.7 Å². The standard InChI is InChI=1S/C25H33N5O4.ClH/c1-6-30(7-2)11-12-34-23-14-19-21(15-22(23)32-5)26-16-27-24(19)28-18-9-10-20(17(4)13-18)29-25(31)33-8-3;/h9-10,13-16H,6-8,11-12H2,1-5H3,(H,29,31)(H,26,27,28);1H. The summed E-state index contributed by atoms with van der Waals surface area (Å²) in [4.78, 5) is 22.9. The summed E-state index contributed by atoms with van der Waals surface area (Å²) in [6.45, 7) is 11.6. The summed E-state index contributed by atoms with van der Waals surface area (Å²) in [5.74, 6) is 1.92. The molecule has 0 unspecified atom stereocenters. The van der Waals surface area contributed by atoms with Gasteiger partial charge in [0.15, 0.2) is 11.5 Å². The van der Waals surface area contributed by atoms with E-state index < -0.39 is 6.09 Å².